The Labute approximate surface area is 181 Å². The quantitative estimate of drug-likeness (QED) is 0.479. The second kappa shape index (κ2) is 9.00. The SMILES string of the molecule is Cc1cccc(C)c1OCCn1c(C(C)NC(=O)c2ccccn2)nc2ccccc21. The molecule has 6 nitrogen and oxygen atoms in total. The van der Waals surface area contributed by atoms with Crippen LogP contribution in [0.25, 0.3) is 11.0 Å². The van der Waals surface area contributed by atoms with E-state index in [1.807, 2.05) is 37.3 Å². The van der Waals surface area contributed by atoms with Crippen molar-refractivity contribution in [1.82, 2.24) is 19.9 Å². The van der Waals surface area contributed by atoms with E-state index >= 15 is 0 Å². The Hall–Kier alpha value is -3.67. The number of carbonyl (C=O) groups excluding carboxylic acids is 1. The van der Waals surface area contributed by atoms with Crippen molar-refractivity contribution in [1.29, 1.82) is 0 Å². The van der Waals surface area contributed by atoms with Crippen LogP contribution in [0.3, 0.4) is 0 Å². The summed E-state index contributed by atoms with van der Waals surface area (Å²) in [5.74, 6) is 1.49. The number of aryl methyl sites for hydroxylation is 2. The highest BCUT2D eigenvalue weighted by Crippen LogP contribution is 2.24. The molecule has 1 unspecified atom stereocenters. The number of aromatic nitrogens is 3. The molecule has 1 amide bonds. The van der Waals surface area contributed by atoms with Crippen molar-refractivity contribution in [2.24, 2.45) is 0 Å². The van der Waals surface area contributed by atoms with Crippen LogP contribution >= 0.6 is 0 Å². The second-order valence-corrected chi connectivity index (χ2v) is 7.59. The largest absolute Gasteiger partial charge is 0.491 e. The van der Waals surface area contributed by atoms with Crippen LogP contribution in [0.2, 0.25) is 0 Å². The molecule has 0 radical (unpaired) electrons. The zero-order valence-corrected chi connectivity index (χ0v) is 18.0. The number of carbonyl (C=O) groups is 1. The van der Waals surface area contributed by atoms with Crippen molar-refractivity contribution >= 4 is 16.9 Å². The van der Waals surface area contributed by atoms with E-state index in [1.165, 1.54) is 0 Å². The van der Waals surface area contributed by atoms with Gasteiger partial charge in [-0.25, -0.2) is 4.98 Å². The molecule has 0 spiro atoms. The lowest BCUT2D eigenvalue weighted by Gasteiger charge is -2.17. The molecule has 4 aromatic rings. The molecule has 1 atom stereocenters. The molecule has 0 saturated carbocycles. The minimum absolute atomic E-state index is 0.224. The van der Waals surface area contributed by atoms with Gasteiger partial charge in [0.05, 0.1) is 23.6 Å². The first-order valence-corrected chi connectivity index (χ1v) is 10.4. The third-order valence-electron chi connectivity index (χ3n) is 5.29. The summed E-state index contributed by atoms with van der Waals surface area (Å²) in [6.45, 7) is 7.16. The van der Waals surface area contributed by atoms with Gasteiger partial charge in [-0.3, -0.25) is 9.78 Å². The van der Waals surface area contributed by atoms with E-state index in [0.29, 0.717) is 18.8 Å². The van der Waals surface area contributed by atoms with E-state index in [-0.39, 0.29) is 11.9 Å². The molecule has 31 heavy (non-hydrogen) atoms. The predicted octanol–water partition coefficient (Wildman–Crippen LogP) is 4.62. The van der Waals surface area contributed by atoms with Crippen molar-refractivity contribution in [2.45, 2.75) is 33.4 Å². The van der Waals surface area contributed by atoms with Crippen molar-refractivity contribution in [3.8, 4) is 5.75 Å². The number of hydrogen-bond acceptors (Lipinski definition) is 4. The Morgan fingerprint density at radius 1 is 1.03 bits per heavy atom. The third-order valence-corrected chi connectivity index (χ3v) is 5.29. The van der Waals surface area contributed by atoms with Gasteiger partial charge in [0.2, 0.25) is 0 Å². The number of fused-ring (bicyclic) bond motifs is 1. The van der Waals surface area contributed by atoms with Gasteiger partial charge in [-0.05, 0) is 56.2 Å². The van der Waals surface area contributed by atoms with E-state index in [0.717, 1.165) is 33.7 Å². The molecule has 2 heterocycles. The van der Waals surface area contributed by atoms with E-state index in [2.05, 4.69) is 40.8 Å². The summed E-state index contributed by atoms with van der Waals surface area (Å²) in [4.78, 5) is 21.5. The van der Waals surface area contributed by atoms with E-state index in [9.17, 15) is 4.79 Å². The molecule has 2 aromatic heterocycles. The van der Waals surface area contributed by atoms with Gasteiger partial charge in [0.25, 0.3) is 5.91 Å². The van der Waals surface area contributed by atoms with Crippen molar-refractivity contribution in [2.75, 3.05) is 6.61 Å². The summed E-state index contributed by atoms with van der Waals surface area (Å²) >= 11 is 0. The van der Waals surface area contributed by atoms with Crippen LogP contribution < -0.4 is 10.1 Å². The smallest absolute Gasteiger partial charge is 0.270 e. The fourth-order valence-electron chi connectivity index (χ4n) is 3.76. The molecular weight excluding hydrogens is 388 g/mol. The maximum absolute atomic E-state index is 12.6. The monoisotopic (exact) mass is 414 g/mol. The maximum Gasteiger partial charge on any atom is 0.270 e. The molecule has 1 N–H and O–H groups in total. The number of pyridine rings is 1. The molecule has 0 fully saturated rings. The van der Waals surface area contributed by atoms with Gasteiger partial charge >= 0.3 is 0 Å². The molecule has 0 aliphatic carbocycles. The summed E-state index contributed by atoms with van der Waals surface area (Å²) in [5, 5.41) is 3.01. The van der Waals surface area contributed by atoms with E-state index in [1.54, 1.807) is 24.4 Å². The first-order valence-electron chi connectivity index (χ1n) is 10.4. The van der Waals surface area contributed by atoms with Crippen LogP contribution in [0.5, 0.6) is 5.75 Å². The minimum atomic E-state index is -0.290. The lowest BCUT2D eigenvalue weighted by Crippen LogP contribution is -2.29. The Morgan fingerprint density at radius 2 is 1.77 bits per heavy atom. The first-order chi connectivity index (χ1) is 15.0. The van der Waals surface area contributed by atoms with Crippen LogP contribution in [0, 0.1) is 13.8 Å². The summed E-state index contributed by atoms with van der Waals surface area (Å²) < 4.78 is 8.25. The number of hydrogen-bond donors (Lipinski definition) is 1. The Morgan fingerprint density at radius 3 is 2.52 bits per heavy atom. The average Bonchev–Trinajstić information content (AvgIpc) is 3.15. The third kappa shape index (κ3) is 4.43. The number of benzene rings is 2. The highest BCUT2D eigenvalue weighted by atomic mass is 16.5. The number of rotatable bonds is 7. The van der Waals surface area contributed by atoms with Crippen molar-refractivity contribution in [3.05, 3.63) is 89.5 Å². The van der Waals surface area contributed by atoms with Gasteiger partial charge in [-0.1, -0.05) is 36.4 Å². The van der Waals surface area contributed by atoms with E-state index in [4.69, 9.17) is 9.72 Å². The van der Waals surface area contributed by atoms with Crippen molar-refractivity contribution < 1.29 is 9.53 Å². The van der Waals surface area contributed by atoms with Gasteiger partial charge in [-0.2, -0.15) is 0 Å². The van der Waals surface area contributed by atoms with Gasteiger partial charge in [0, 0.05) is 6.20 Å². The van der Waals surface area contributed by atoms with Crippen LogP contribution in [0.1, 0.15) is 40.4 Å². The van der Waals surface area contributed by atoms with Crippen molar-refractivity contribution in [3.63, 3.8) is 0 Å². The number of ether oxygens (including phenoxy) is 1. The maximum atomic E-state index is 12.6. The minimum Gasteiger partial charge on any atom is -0.491 e. The van der Waals surface area contributed by atoms with Crippen LogP contribution in [0.4, 0.5) is 0 Å². The van der Waals surface area contributed by atoms with Crippen LogP contribution in [-0.4, -0.2) is 27.0 Å². The Bertz CT molecular complexity index is 1180. The molecule has 0 bridgehead atoms. The molecule has 2 aromatic carbocycles. The zero-order valence-electron chi connectivity index (χ0n) is 18.0. The summed E-state index contributed by atoms with van der Waals surface area (Å²) in [6, 6.07) is 19.1. The molecule has 6 heteroatoms. The number of nitrogens with one attached hydrogen (secondary N) is 1. The second-order valence-electron chi connectivity index (χ2n) is 7.59. The Kier molecular flexibility index (Phi) is 5.98. The van der Waals surface area contributed by atoms with Gasteiger partial charge in [0.15, 0.2) is 0 Å². The topological polar surface area (TPSA) is 69.0 Å². The number of para-hydroxylation sites is 3. The molecule has 158 valence electrons. The highest BCUT2D eigenvalue weighted by Gasteiger charge is 2.19. The summed E-state index contributed by atoms with van der Waals surface area (Å²) in [6.07, 6.45) is 1.61. The van der Waals surface area contributed by atoms with E-state index < -0.39 is 0 Å². The molecule has 0 aliphatic heterocycles. The molecule has 0 aliphatic rings. The normalized spacial score (nSPS) is 12.0. The number of imidazole rings is 1. The highest BCUT2D eigenvalue weighted by molar-refractivity contribution is 5.92. The number of nitrogens with zero attached hydrogens (tertiary/aromatic N) is 3. The predicted molar refractivity (Wildman–Crippen MR) is 121 cm³/mol. The summed E-state index contributed by atoms with van der Waals surface area (Å²) in [7, 11) is 0. The fraction of sp³-hybridized carbons (Fsp3) is 0.240. The average molecular weight is 415 g/mol. The molecule has 0 saturated heterocycles. The fourth-order valence-corrected chi connectivity index (χ4v) is 3.76. The summed E-state index contributed by atoms with van der Waals surface area (Å²) in [5.41, 5.74) is 4.53. The van der Waals surface area contributed by atoms with Gasteiger partial charge < -0.3 is 14.6 Å². The van der Waals surface area contributed by atoms with Gasteiger partial charge in [0.1, 0.15) is 23.9 Å². The zero-order chi connectivity index (χ0) is 21.8. The van der Waals surface area contributed by atoms with Crippen LogP contribution in [0.15, 0.2) is 66.9 Å². The van der Waals surface area contributed by atoms with Gasteiger partial charge in [-0.15, -0.1) is 0 Å². The lowest BCUT2D eigenvalue weighted by atomic mass is 10.1. The van der Waals surface area contributed by atoms with Crippen LogP contribution in [-0.2, 0) is 6.54 Å². The standard InChI is InChI=1S/C25H26N4O2/c1-17-9-8-10-18(2)23(17)31-16-15-29-22-13-5-4-11-20(22)28-24(29)19(3)27-25(30)21-12-6-7-14-26-21/h4-14,19H,15-16H2,1-3H3,(H,27,30). The number of amides is 1. The molecule has 4 rings (SSSR count). The Balaban J connectivity index is 1.56. The first kappa shape index (κ1) is 20.6. The molecular formula is C25H26N4O2. The lowest BCUT2D eigenvalue weighted by molar-refractivity contribution is 0.0932.